The van der Waals surface area contributed by atoms with Crippen molar-refractivity contribution in [3.05, 3.63) is 23.8 Å². The standard InChI is InChI=1S/C13H18N2O3.ClH/c1-2-5-14-6-7-15-13(16)10-3-4-11-12(8-10)18-9-17-11;/h3-4,8,14H,2,5-7,9H2,1H3,(H,15,16);1H. The lowest BCUT2D eigenvalue weighted by atomic mass is 10.2. The summed E-state index contributed by atoms with van der Waals surface area (Å²) in [6.45, 7) is 4.71. The van der Waals surface area contributed by atoms with Crippen LogP contribution >= 0.6 is 12.4 Å². The minimum atomic E-state index is -0.0911. The molecule has 6 heteroatoms. The number of rotatable bonds is 6. The Kier molecular flexibility index (Phi) is 6.45. The van der Waals surface area contributed by atoms with E-state index in [1.165, 1.54) is 0 Å². The second-order valence-corrected chi connectivity index (χ2v) is 4.07. The monoisotopic (exact) mass is 286 g/mol. The van der Waals surface area contributed by atoms with Crippen molar-refractivity contribution in [1.29, 1.82) is 0 Å². The summed E-state index contributed by atoms with van der Waals surface area (Å²) in [5.41, 5.74) is 0.592. The first-order valence-electron chi connectivity index (χ1n) is 6.20. The molecule has 0 saturated heterocycles. The highest BCUT2D eigenvalue weighted by atomic mass is 35.5. The molecule has 1 aromatic rings. The molecule has 2 N–H and O–H groups in total. The number of carbonyl (C=O) groups excluding carboxylic acids is 1. The highest BCUT2D eigenvalue weighted by Gasteiger charge is 2.15. The summed E-state index contributed by atoms with van der Waals surface area (Å²) >= 11 is 0. The maximum Gasteiger partial charge on any atom is 0.251 e. The molecular formula is C13H19ClN2O3. The molecule has 0 aromatic heterocycles. The molecule has 1 aliphatic rings. The lowest BCUT2D eigenvalue weighted by Crippen LogP contribution is -2.32. The fourth-order valence-electron chi connectivity index (χ4n) is 1.71. The van der Waals surface area contributed by atoms with Crippen LogP contribution in [0.1, 0.15) is 23.7 Å². The molecule has 0 unspecified atom stereocenters. The summed E-state index contributed by atoms with van der Waals surface area (Å²) in [6.07, 6.45) is 1.09. The van der Waals surface area contributed by atoms with Crippen LogP contribution in [0.25, 0.3) is 0 Å². The van der Waals surface area contributed by atoms with Crippen LogP contribution in [0.15, 0.2) is 18.2 Å². The predicted octanol–water partition coefficient (Wildman–Crippen LogP) is 1.57. The summed E-state index contributed by atoms with van der Waals surface area (Å²) in [4.78, 5) is 11.8. The molecule has 0 bridgehead atoms. The maximum atomic E-state index is 11.8. The van der Waals surface area contributed by atoms with Gasteiger partial charge in [-0.2, -0.15) is 0 Å². The molecule has 5 nitrogen and oxygen atoms in total. The van der Waals surface area contributed by atoms with Crippen molar-refractivity contribution in [2.24, 2.45) is 0 Å². The zero-order valence-corrected chi connectivity index (χ0v) is 11.7. The third-order valence-corrected chi connectivity index (χ3v) is 2.65. The second-order valence-electron chi connectivity index (χ2n) is 4.07. The number of hydrogen-bond donors (Lipinski definition) is 2. The van der Waals surface area contributed by atoms with E-state index < -0.39 is 0 Å². The Balaban J connectivity index is 0.00000180. The highest BCUT2D eigenvalue weighted by Crippen LogP contribution is 2.32. The summed E-state index contributed by atoms with van der Waals surface area (Å²) in [5, 5.41) is 6.08. The number of halogens is 1. The zero-order chi connectivity index (χ0) is 12.8. The molecule has 0 radical (unpaired) electrons. The maximum absolute atomic E-state index is 11.8. The Hall–Kier alpha value is -1.46. The van der Waals surface area contributed by atoms with Gasteiger partial charge in [0.2, 0.25) is 6.79 Å². The van der Waals surface area contributed by atoms with E-state index in [2.05, 4.69) is 17.6 Å². The normalized spacial score (nSPS) is 11.8. The van der Waals surface area contributed by atoms with Crippen LogP contribution < -0.4 is 20.1 Å². The molecule has 0 atom stereocenters. The van der Waals surface area contributed by atoms with Crippen LogP contribution in [0.5, 0.6) is 11.5 Å². The van der Waals surface area contributed by atoms with Gasteiger partial charge in [0.25, 0.3) is 5.91 Å². The van der Waals surface area contributed by atoms with Crippen LogP contribution in [-0.4, -0.2) is 32.3 Å². The molecule has 1 aliphatic heterocycles. The zero-order valence-electron chi connectivity index (χ0n) is 10.9. The van der Waals surface area contributed by atoms with E-state index in [-0.39, 0.29) is 25.1 Å². The minimum Gasteiger partial charge on any atom is -0.454 e. The molecule has 0 saturated carbocycles. The Bertz CT molecular complexity index is 426. The number of fused-ring (bicyclic) bond motifs is 1. The first-order valence-corrected chi connectivity index (χ1v) is 6.20. The van der Waals surface area contributed by atoms with Gasteiger partial charge in [0.15, 0.2) is 11.5 Å². The lowest BCUT2D eigenvalue weighted by Gasteiger charge is -2.06. The first kappa shape index (κ1) is 15.6. The van der Waals surface area contributed by atoms with Crippen molar-refractivity contribution in [1.82, 2.24) is 10.6 Å². The van der Waals surface area contributed by atoms with Gasteiger partial charge in [0.05, 0.1) is 0 Å². The van der Waals surface area contributed by atoms with E-state index >= 15 is 0 Å². The van der Waals surface area contributed by atoms with E-state index in [4.69, 9.17) is 9.47 Å². The van der Waals surface area contributed by atoms with Crippen LogP contribution in [0, 0.1) is 0 Å². The van der Waals surface area contributed by atoms with E-state index in [1.807, 2.05) is 0 Å². The highest BCUT2D eigenvalue weighted by molar-refractivity contribution is 5.94. The summed E-state index contributed by atoms with van der Waals surface area (Å²) < 4.78 is 10.4. The summed E-state index contributed by atoms with van der Waals surface area (Å²) in [7, 11) is 0. The third kappa shape index (κ3) is 4.29. The molecule has 0 fully saturated rings. The molecule has 19 heavy (non-hydrogen) atoms. The largest absolute Gasteiger partial charge is 0.454 e. The van der Waals surface area contributed by atoms with Gasteiger partial charge in [0, 0.05) is 18.7 Å². The summed E-state index contributed by atoms with van der Waals surface area (Å²) in [6, 6.07) is 5.20. The molecular weight excluding hydrogens is 268 g/mol. The van der Waals surface area contributed by atoms with Gasteiger partial charge < -0.3 is 20.1 Å². The average Bonchev–Trinajstić information content (AvgIpc) is 2.85. The van der Waals surface area contributed by atoms with Crippen LogP contribution in [0.3, 0.4) is 0 Å². The molecule has 1 heterocycles. The Morgan fingerprint density at radius 3 is 2.79 bits per heavy atom. The molecule has 1 amide bonds. The van der Waals surface area contributed by atoms with Gasteiger partial charge in [0.1, 0.15) is 0 Å². The number of carbonyl (C=O) groups is 1. The van der Waals surface area contributed by atoms with E-state index in [1.54, 1.807) is 18.2 Å². The van der Waals surface area contributed by atoms with Crippen LogP contribution in [-0.2, 0) is 0 Å². The van der Waals surface area contributed by atoms with Crippen molar-refractivity contribution in [3.8, 4) is 11.5 Å². The first-order chi connectivity index (χ1) is 8.81. The second kappa shape index (κ2) is 7.86. The van der Waals surface area contributed by atoms with Gasteiger partial charge in [-0.25, -0.2) is 0 Å². The average molecular weight is 287 g/mol. The van der Waals surface area contributed by atoms with Gasteiger partial charge in [-0.05, 0) is 31.2 Å². The van der Waals surface area contributed by atoms with Crippen molar-refractivity contribution in [3.63, 3.8) is 0 Å². The van der Waals surface area contributed by atoms with E-state index in [0.717, 1.165) is 19.5 Å². The minimum absolute atomic E-state index is 0. The van der Waals surface area contributed by atoms with Gasteiger partial charge in [-0.1, -0.05) is 6.92 Å². The number of amides is 1. The van der Waals surface area contributed by atoms with Gasteiger partial charge in [-0.3, -0.25) is 4.79 Å². The quantitative estimate of drug-likeness (QED) is 0.780. The van der Waals surface area contributed by atoms with Gasteiger partial charge >= 0.3 is 0 Å². The van der Waals surface area contributed by atoms with Crippen LogP contribution in [0.4, 0.5) is 0 Å². The van der Waals surface area contributed by atoms with Crippen molar-refractivity contribution in [2.75, 3.05) is 26.4 Å². The topological polar surface area (TPSA) is 59.6 Å². The van der Waals surface area contributed by atoms with Gasteiger partial charge in [-0.15, -0.1) is 12.4 Å². The lowest BCUT2D eigenvalue weighted by molar-refractivity contribution is 0.0953. The fourth-order valence-corrected chi connectivity index (χ4v) is 1.71. The van der Waals surface area contributed by atoms with E-state index in [0.29, 0.717) is 23.6 Å². The van der Waals surface area contributed by atoms with Crippen LogP contribution in [0.2, 0.25) is 0 Å². The van der Waals surface area contributed by atoms with E-state index in [9.17, 15) is 4.79 Å². The Morgan fingerprint density at radius 1 is 1.21 bits per heavy atom. The number of ether oxygens (including phenoxy) is 2. The van der Waals surface area contributed by atoms with Crippen molar-refractivity contribution >= 4 is 18.3 Å². The molecule has 106 valence electrons. The molecule has 0 spiro atoms. The molecule has 0 aliphatic carbocycles. The Labute approximate surface area is 119 Å². The fraction of sp³-hybridized carbons (Fsp3) is 0.462. The predicted molar refractivity (Wildman–Crippen MR) is 75.3 cm³/mol. The van der Waals surface area contributed by atoms with Crippen molar-refractivity contribution in [2.45, 2.75) is 13.3 Å². The molecule has 2 rings (SSSR count). The smallest absolute Gasteiger partial charge is 0.251 e. The summed E-state index contributed by atoms with van der Waals surface area (Å²) in [5.74, 6) is 1.23. The third-order valence-electron chi connectivity index (χ3n) is 2.65. The van der Waals surface area contributed by atoms with Crippen molar-refractivity contribution < 1.29 is 14.3 Å². The Morgan fingerprint density at radius 2 is 2.00 bits per heavy atom. The SMILES string of the molecule is CCCNCCNC(=O)c1ccc2c(c1)OCO2.Cl. The number of nitrogens with one attached hydrogen (secondary N) is 2. The number of benzene rings is 1. The molecule has 1 aromatic carbocycles. The number of hydrogen-bond acceptors (Lipinski definition) is 4.